The minimum atomic E-state index is -0.228. The number of fused-ring (bicyclic) bond motifs is 1. The van der Waals surface area contributed by atoms with Gasteiger partial charge in [0.05, 0.1) is 13.2 Å². The lowest BCUT2D eigenvalue weighted by Gasteiger charge is -2.10. The fraction of sp³-hybridized carbons (Fsp3) is 0.300. The summed E-state index contributed by atoms with van der Waals surface area (Å²) >= 11 is 0. The van der Waals surface area contributed by atoms with Crippen molar-refractivity contribution in [2.24, 2.45) is 5.41 Å². The first-order chi connectivity index (χ1) is 12.5. The predicted molar refractivity (Wildman–Crippen MR) is 97.8 cm³/mol. The van der Waals surface area contributed by atoms with Crippen molar-refractivity contribution in [3.8, 4) is 11.5 Å². The van der Waals surface area contributed by atoms with E-state index in [0.717, 1.165) is 12.8 Å². The van der Waals surface area contributed by atoms with Gasteiger partial charge in [0.2, 0.25) is 5.91 Å². The maximum absolute atomic E-state index is 12.5. The number of carbonyl (C=O) groups excluding carboxylic acids is 2. The lowest BCUT2D eigenvalue weighted by Crippen LogP contribution is -2.17. The molecule has 2 amide bonds. The molecule has 1 fully saturated rings. The average molecular weight is 352 g/mol. The van der Waals surface area contributed by atoms with E-state index in [0.29, 0.717) is 41.7 Å². The van der Waals surface area contributed by atoms with Crippen LogP contribution < -0.4 is 20.1 Å². The average Bonchev–Trinajstić information content (AvgIpc) is 3.42. The first-order valence-electron chi connectivity index (χ1n) is 8.62. The van der Waals surface area contributed by atoms with E-state index in [1.165, 1.54) is 6.92 Å². The summed E-state index contributed by atoms with van der Waals surface area (Å²) in [5, 5.41) is 5.53. The zero-order valence-electron chi connectivity index (χ0n) is 14.5. The molecule has 0 radical (unpaired) electrons. The van der Waals surface area contributed by atoms with E-state index in [1.54, 1.807) is 42.5 Å². The number of amides is 2. The van der Waals surface area contributed by atoms with Crippen molar-refractivity contribution in [2.75, 3.05) is 23.8 Å². The second-order valence-corrected chi connectivity index (χ2v) is 6.95. The molecule has 6 heteroatoms. The molecule has 4 rings (SSSR count). The van der Waals surface area contributed by atoms with E-state index in [9.17, 15) is 9.59 Å². The van der Waals surface area contributed by atoms with E-state index < -0.39 is 0 Å². The molecule has 0 unspecified atom stereocenters. The Hall–Kier alpha value is -3.02. The van der Waals surface area contributed by atoms with Crippen LogP contribution in [0.4, 0.5) is 11.4 Å². The first-order valence-corrected chi connectivity index (χ1v) is 8.62. The van der Waals surface area contributed by atoms with Crippen LogP contribution >= 0.6 is 0 Å². The third-order valence-electron chi connectivity index (χ3n) is 4.69. The molecule has 134 valence electrons. The van der Waals surface area contributed by atoms with Gasteiger partial charge in [-0.25, -0.2) is 0 Å². The Balaban J connectivity index is 1.45. The van der Waals surface area contributed by atoms with Gasteiger partial charge in [-0.1, -0.05) is 0 Å². The van der Waals surface area contributed by atoms with E-state index in [-0.39, 0.29) is 17.2 Å². The molecule has 1 aliphatic carbocycles. The molecule has 6 nitrogen and oxygen atoms in total. The molecule has 0 saturated heterocycles. The van der Waals surface area contributed by atoms with Gasteiger partial charge in [0.1, 0.15) is 0 Å². The highest BCUT2D eigenvalue weighted by molar-refractivity contribution is 6.04. The number of hydrogen-bond donors (Lipinski definition) is 2. The molecule has 2 aromatic carbocycles. The van der Waals surface area contributed by atoms with Crippen LogP contribution in [0.5, 0.6) is 11.5 Å². The van der Waals surface area contributed by atoms with Crippen LogP contribution in [-0.2, 0) is 4.79 Å². The third-order valence-corrected chi connectivity index (χ3v) is 4.69. The van der Waals surface area contributed by atoms with Crippen molar-refractivity contribution >= 4 is 23.2 Å². The summed E-state index contributed by atoms with van der Waals surface area (Å²) in [6.45, 7) is 2.76. The van der Waals surface area contributed by atoms with Crippen LogP contribution in [0.1, 0.15) is 30.1 Å². The van der Waals surface area contributed by atoms with Crippen molar-refractivity contribution in [3.63, 3.8) is 0 Å². The Labute approximate surface area is 151 Å². The van der Waals surface area contributed by atoms with Crippen LogP contribution in [0.25, 0.3) is 0 Å². The van der Waals surface area contributed by atoms with Gasteiger partial charge in [-0.05, 0) is 55.3 Å². The summed E-state index contributed by atoms with van der Waals surface area (Å²) < 4.78 is 11.7. The van der Waals surface area contributed by atoms with E-state index >= 15 is 0 Å². The highest BCUT2D eigenvalue weighted by Gasteiger charge is 2.46. The van der Waals surface area contributed by atoms with Gasteiger partial charge in [-0.2, -0.15) is 0 Å². The van der Waals surface area contributed by atoms with E-state index in [1.807, 2.05) is 0 Å². The Morgan fingerprint density at radius 2 is 1.50 bits per heavy atom. The summed E-state index contributed by atoms with van der Waals surface area (Å²) in [5.41, 5.74) is 2.00. The SMILES string of the molecule is CC(=O)Nc1ccc(NC(=O)c2ccc3c(c2)OCC2(CC2)CO3)cc1. The zero-order chi connectivity index (χ0) is 18.1. The molecule has 0 aromatic heterocycles. The molecular weight excluding hydrogens is 332 g/mol. The second-order valence-electron chi connectivity index (χ2n) is 6.95. The normalized spacial score (nSPS) is 16.5. The molecule has 1 saturated carbocycles. The van der Waals surface area contributed by atoms with Crippen LogP contribution in [0.2, 0.25) is 0 Å². The summed E-state index contributed by atoms with van der Waals surface area (Å²) in [5.74, 6) is 0.934. The smallest absolute Gasteiger partial charge is 0.255 e. The van der Waals surface area contributed by atoms with Crippen LogP contribution in [0.3, 0.4) is 0 Å². The fourth-order valence-electron chi connectivity index (χ4n) is 2.89. The Kier molecular flexibility index (Phi) is 4.03. The lowest BCUT2D eigenvalue weighted by atomic mass is 10.1. The third kappa shape index (κ3) is 3.49. The molecule has 0 atom stereocenters. The van der Waals surface area contributed by atoms with Crippen molar-refractivity contribution in [1.29, 1.82) is 0 Å². The summed E-state index contributed by atoms with van der Waals surface area (Å²) in [4.78, 5) is 23.6. The minimum absolute atomic E-state index is 0.137. The highest BCUT2D eigenvalue weighted by atomic mass is 16.5. The molecule has 0 bridgehead atoms. The maximum atomic E-state index is 12.5. The van der Waals surface area contributed by atoms with Crippen LogP contribution in [0, 0.1) is 5.41 Å². The number of ether oxygens (including phenoxy) is 2. The van der Waals surface area contributed by atoms with Crippen molar-refractivity contribution in [1.82, 2.24) is 0 Å². The first kappa shape index (κ1) is 16.4. The largest absolute Gasteiger partial charge is 0.489 e. The molecule has 2 N–H and O–H groups in total. The van der Waals surface area contributed by atoms with Gasteiger partial charge >= 0.3 is 0 Å². The molecule has 26 heavy (non-hydrogen) atoms. The van der Waals surface area contributed by atoms with Gasteiger partial charge in [-0.3, -0.25) is 9.59 Å². The zero-order valence-corrected chi connectivity index (χ0v) is 14.5. The van der Waals surface area contributed by atoms with Gasteiger partial charge in [0.15, 0.2) is 11.5 Å². The van der Waals surface area contributed by atoms with Gasteiger partial charge < -0.3 is 20.1 Å². The topological polar surface area (TPSA) is 76.7 Å². The number of anilines is 2. The van der Waals surface area contributed by atoms with Gasteiger partial charge in [-0.15, -0.1) is 0 Å². The van der Waals surface area contributed by atoms with Crippen molar-refractivity contribution in [3.05, 3.63) is 48.0 Å². The quantitative estimate of drug-likeness (QED) is 0.887. The van der Waals surface area contributed by atoms with Gasteiger partial charge in [0.25, 0.3) is 5.91 Å². The Bertz CT molecular complexity index is 857. The standard InChI is InChI=1S/C20H20N2O4/c1-13(23)21-15-3-5-16(6-4-15)22-19(24)14-2-7-17-18(10-14)26-12-20(8-9-20)11-25-17/h2-7,10H,8-9,11-12H2,1H3,(H,21,23)(H,22,24). The molecule has 2 aromatic rings. The Morgan fingerprint density at radius 3 is 2.12 bits per heavy atom. The summed E-state index contributed by atoms with van der Waals surface area (Å²) in [7, 11) is 0. The summed E-state index contributed by atoms with van der Waals surface area (Å²) in [6.07, 6.45) is 2.26. The maximum Gasteiger partial charge on any atom is 0.255 e. The van der Waals surface area contributed by atoms with Crippen LogP contribution in [0.15, 0.2) is 42.5 Å². The molecule has 2 aliphatic rings. The van der Waals surface area contributed by atoms with E-state index in [2.05, 4.69) is 10.6 Å². The molecule has 1 aliphatic heterocycles. The molecular formula is C20H20N2O4. The number of hydrogen-bond acceptors (Lipinski definition) is 4. The van der Waals surface area contributed by atoms with E-state index in [4.69, 9.17) is 9.47 Å². The number of benzene rings is 2. The number of rotatable bonds is 3. The Morgan fingerprint density at radius 1 is 0.885 bits per heavy atom. The lowest BCUT2D eigenvalue weighted by molar-refractivity contribution is -0.114. The van der Waals surface area contributed by atoms with Crippen LogP contribution in [-0.4, -0.2) is 25.0 Å². The minimum Gasteiger partial charge on any atom is -0.489 e. The summed E-state index contributed by atoms with van der Waals surface area (Å²) in [6, 6.07) is 12.2. The molecule has 1 spiro atoms. The molecule has 1 heterocycles. The van der Waals surface area contributed by atoms with Gasteiger partial charge in [0, 0.05) is 29.3 Å². The number of carbonyl (C=O) groups is 2. The second kappa shape index (κ2) is 6.37. The predicted octanol–water partition coefficient (Wildman–Crippen LogP) is 3.45. The monoisotopic (exact) mass is 352 g/mol. The fourth-order valence-corrected chi connectivity index (χ4v) is 2.89. The highest BCUT2D eigenvalue weighted by Crippen LogP contribution is 2.49. The number of nitrogens with one attached hydrogen (secondary N) is 2. The van der Waals surface area contributed by atoms with Crippen molar-refractivity contribution < 1.29 is 19.1 Å². The van der Waals surface area contributed by atoms with Crippen molar-refractivity contribution in [2.45, 2.75) is 19.8 Å².